The Hall–Kier alpha value is -6.26. The summed E-state index contributed by atoms with van der Waals surface area (Å²) in [5, 5.41) is 66.8. The van der Waals surface area contributed by atoms with Crippen molar-refractivity contribution in [3.63, 3.8) is 0 Å². The number of allylic oxidation sites excluding steroid dienone is 2. The fraction of sp³-hybridized carbons (Fsp3) is 0.500. The number of ketones is 1. The second-order valence-electron chi connectivity index (χ2n) is 23.1. The zero-order chi connectivity index (χ0) is 60.9. The number of likely N-dealkylation sites (tertiary alicyclic amines) is 1. The fourth-order valence-corrected chi connectivity index (χ4v) is 13.4. The molecule has 0 aromatic heterocycles. The second kappa shape index (κ2) is 27.4. The van der Waals surface area contributed by atoms with Crippen LogP contribution in [0.5, 0.6) is 23.0 Å². The number of phenolic OH excluding ortho intramolecular Hbond substituents is 3. The molecule has 6 aliphatic rings. The van der Waals surface area contributed by atoms with Gasteiger partial charge in [-0.15, -0.1) is 11.8 Å². The third-order valence-corrected chi connectivity index (χ3v) is 19.2. The number of rotatable bonds is 8. The zero-order valence-corrected chi connectivity index (χ0v) is 52.1. The van der Waals surface area contributed by atoms with Crippen LogP contribution in [-0.2, 0) is 23.8 Å². The van der Waals surface area contributed by atoms with Gasteiger partial charge in [-0.1, -0.05) is 76.2 Å². The molecule has 1 amide bonds. The lowest BCUT2D eigenvalue weighted by atomic mass is 9.78. The van der Waals surface area contributed by atoms with Gasteiger partial charge in [-0.25, -0.2) is 0 Å². The Bertz CT molecular complexity index is 3200. The maximum Gasteiger partial charge on any atom is 0.312 e. The number of carbonyl (C=O) groups excluding carboxylic acids is 3. The smallest absolute Gasteiger partial charge is 0.312 e. The van der Waals surface area contributed by atoms with Gasteiger partial charge in [0.25, 0.3) is 11.7 Å². The first-order valence-corrected chi connectivity index (χ1v) is 31.0. The molecule has 0 spiro atoms. The van der Waals surface area contributed by atoms with E-state index in [2.05, 4.69) is 80.9 Å². The number of ether oxygens (including phenoxy) is 4. The number of piperidine rings is 1. The number of phenols is 3. The molecule has 6 heterocycles. The summed E-state index contributed by atoms with van der Waals surface area (Å²) in [6.07, 6.45) is 12.3. The van der Waals surface area contributed by atoms with Crippen LogP contribution in [0.25, 0.3) is 10.8 Å². The Balaban J connectivity index is 0.000000303. The predicted octanol–water partition coefficient (Wildman–Crippen LogP) is 10.2. The maximum absolute atomic E-state index is 14.4. The molecule has 10 atom stereocenters. The summed E-state index contributed by atoms with van der Waals surface area (Å²) in [6.45, 7) is 17.4. The van der Waals surface area contributed by atoms with E-state index in [0.29, 0.717) is 13.1 Å². The summed E-state index contributed by atoms with van der Waals surface area (Å²) in [5.41, 5.74) is 2.41. The van der Waals surface area contributed by atoms with E-state index in [4.69, 9.17) is 18.9 Å². The normalized spacial score (nSPS) is 28.5. The highest BCUT2D eigenvalue weighted by Crippen LogP contribution is 2.55. The first kappa shape index (κ1) is 63.8. The van der Waals surface area contributed by atoms with Gasteiger partial charge in [0.1, 0.15) is 23.4 Å². The monoisotopic (exact) mass is 1190 g/mol. The number of hydrogen-bond donors (Lipinski definition) is 6. The number of anilines is 3. The van der Waals surface area contributed by atoms with Crippen molar-refractivity contribution in [2.75, 3.05) is 76.9 Å². The summed E-state index contributed by atoms with van der Waals surface area (Å²) in [4.78, 5) is 51.9. The molecule has 2 fully saturated rings. The number of aromatic hydroxyl groups is 3. The van der Waals surface area contributed by atoms with Gasteiger partial charge >= 0.3 is 11.8 Å². The number of likely N-dealkylation sites (N-methyl/N-ethyl adjacent to an activating group) is 1. The van der Waals surface area contributed by atoms with Gasteiger partial charge in [0, 0.05) is 115 Å². The molecule has 6 N–H and O–H groups in total. The first-order chi connectivity index (χ1) is 40.0. The summed E-state index contributed by atoms with van der Waals surface area (Å²) >= 11 is 3.73. The topological polar surface area (TPSA) is 227 Å². The van der Waals surface area contributed by atoms with E-state index in [9.17, 15) is 39.9 Å². The Kier molecular flexibility index (Phi) is 20.8. The van der Waals surface area contributed by atoms with Gasteiger partial charge in [0.2, 0.25) is 0 Å². The molecule has 2 saturated heterocycles. The van der Waals surface area contributed by atoms with Crippen LogP contribution in [0.1, 0.15) is 95.6 Å². The van der Waals surface area contributed by atoms with Gasteiger partial charge < -0.3 is 64.5 Å². The van der Waals surface area contributed by atoms with Crippen LogP contribution in [0, 0.1) is 30.6 Å². The van der Waals surface area contributed by atoms with Crippen molar-refractivity contribution < 1.29 is 58.9 Å². The van der Waals surface area contributed by atoms with Gasteiger partial charge in [0.05, 0.1) is 64.4 Å². The molecule has 4 aromatic carbocycles. The maximum atomic E-state index is 14.4. The van der Waals surface area contributed by atoms with Crippen molar-refractivity contribution >= 4 is 75.2 Å². The van der Waals surface area contributed by atoms with E-state index in [-0.39, 0.29) is 44.5 Å². The van der Waals surface area contributed by atoms with Gasteiger partial charge in [-0.05, 0) is 96.4 Å². The summed E-state index contributed by atoms with van der Waals surface area (Å²) in [6, 6.07) is 16.5. The number of esters is 1. The van der Waals surface area contributed by atoms with E-state index >= 15 is 0 Å². The number of fused-ring (bicyclic) bond motifs is 16. The molecule has 18 nitrogen and oxygen atoms in total. The van der Waals surface area contributed by atoms with E-state index in [1.165, 1.54) is 118 Å². The van der Waals surface area contributed by atoms with E-state index in [1.807, 2.05) is 30.6 Å². The number of aliphatic hydroxyl groups excluding tert-OH is 2. The van der Waals surface area contributed by atoms with Gasteiger partial charge in [-0.3, -0.25) is 19.4 Å². The SMILES string of the molecule is CO[C@H]1/C=C/O[C@@]2(C)Oc3c(C)c(O)c4c(O)c(c(/C=N\N5CCN(C)CC5)c(O)c4c3C2=O)NC(=O)/C(C)=C\C=C\[C@H](C)[C@H](O)[C@@H](C)[C@@H](O)[C@@H](C)[C@H](OC(C)=O)[C@@H]1C.CSc1ccc2c(c1)N(CCC1CCCCN1C)c1ccccc1S2. The molecular formula is C64H84N6O12S2. The Morgan fingerprint density at radius 2 is 1.61 bits per heavy atom. The van der Waals surface area contributed by atoms with Crippen LogP contribution < -0.4 is 15.0 Å². The molecular weight excluding hydrogens is 1110 g/mol. The number of amides is 1. The zero-order valence-electron chi connectivity index (χ0n) is 50.4. The Morgan fingerprint density at radius 3 is 2.30 bits per heavy atom. The molecule has 454 valence electrons. The van der Waals surface area contributed by atoms with Crippen molar-refractivity contribution in [2.45, 2.75) is 132 Å². The predicted molar refractivity (Wildman–Crippen MR) is 331 cm³/mol. The van der Waals surface area contributed by atoms with Crippen LogP contribution in [-0.4, -0.2) is 167 Å². The molecule has 0 saturated carbocycles. The number of para-hydroxylation sites is 1. The highest BCUT2D eigenvalue weighted by molar-refractivity contribution is 8.00. The molecule has 0 radical (unpaired) electrons. The quantitative estimate of drug-likeness (QED) is 0.0317. The minimum Gasteiger partial charge on any atom is -0.507 e. The molecule has 20 heteroatoms. The molecule has 1 unspecified atom stereocenters. The standard InChI is InChI=1S/C43H58N4O12.C21H26N2S2/c1-21-12-11-13-22(2)42(55)45-33-28(20-44-47-17-15-46(9)16-18-47)37(52)30-31(38(33)53)36(51)26(6)40-32(30)41(54)43(8,59-40)57-19-14-29(56-10)23(3)39(58-27(7)48)25(5)35(50)24(4)34(21)49;1-22-13-6-5-7-16(22)12-14-23-18-8-3-4-9-20(18)25-21-11-10-17(24-2)15-19(21)23/h11-14,19-21,23-25,29,34-35,39,49-53H,15-18H2,1-10H3,(H,45,55);3-4,8-11,15-16H,5-7,12-14H2,1-2H3/b12-11+,19-14+,22-13-,44-20-;/t21-,23+,24+,25+,29-,34-,35+,39+,43-;/m0./s1. The first-order valence-electron chi connectivity index (χ1n) is 29.0. The molecule has 10 rings (SSSR count). The third-order valence-electron chi connectivity index (χ3n) is 17.3. The summed E-state index contributed by atoms with van der Waals surface area (Å²) in [7, 11) is 5.72. The average molecular weight is 1190 g/mol. The number of nitrogens with one attached hydrogen (secondary N) is 1. The van der Waals surface area contributed by atoms with E-state index < -0.39 is 88.8 Å². The van der Waals surface area contributed by atoms with Gasteiger partial charge in [0.15, 0.2) is 5.75 Å². The van der Waals surface area contributed by atoms with Crippen LogP contribution in [0.15, 0.2) is 98.4 Å². The minimum absolute atomic E-state index is 0.0559. The number of hydrazone groups is 1. The van der Waals surface area contributed by atoms with Crippen LogP contribution in [0.3, 0.4) is 0 Å². The average Bonchev–Trinajstić information content (AvgIpc) is 1.94. The van der Waals surface area contributed by atoms with Crippen molar-refractivity contribution in [3.05, 3.63) is 95.3 Å². The lowest BCUT2D eigenvalue weighted by molar-refractivity contribution is -0.160. The van der Waals surface area contributed by atoms with E-state index in [1.54, 1.807) is 44.9 Å². The van der Waals surface area contributed by atoms with Gasteiger partial charge in [-0.2, -0.15) is 5.10 Å². The molecule has 4 aromatic rings. The number of hydrogen-bond acceptors (Lipinski definition) is 19. The molecule has 0 aliphatic carbocycles. The molecule has 6 aliphatic heterocycles. The second-order valence-corrected chi connectivity index (χ2v) is 25.1. The molecule has 5 bridgehead atoms. The number of methoxy groups -OCH3 is 1. The number of thioether (sulfide) groups is 1. The van der Waals surface area contributed by atoms with Crippen LogP contribution in [0.4, 0.5) is 17.1 Å². The number of piperazine rings is 1. The highest BCUT2D eigenvalue weighted by Gasteiger charge is 2.50. The van der Waals surface area contributed by atoms with Crippen molar-refractivity contribution in [1.29, 1.82) is 0 Å². The van der Waals surface area contributed by atoms with Crippen LogP contribution >= 0.6 is 23.5 Å². The minimum atomic E-state index is -2.04. The lowest BCUT2D eigenvalue weighted by Crippen LogP contribution is -2.46. The number of nitrogens with zero attached hydrogens (tertiary/aromatic N) is 5. The number of aliphatic hydroxyl groups is 2. The number of Topliss-reactive ketones (excluding diaryl/α,β-unsaturated/α-hetero) is 1. The van der Waals surface area contributed by atoms with Crippen molar-refractivity contribution in [1.82, 2.24) is 14.8 Å². The largest absolute Gasteiger partial charge is 0.507 e. The Morgan fingerprint density at radius 1 is 0.893 bits per heavy atom. The fourth-order valence-electron chi connectivity index (χ4n) is 11.9. The van der Waals surface area contributed by atoms with Crippen molar-refractivity contribution in [3.8, 4) is 23.0 Å². The third kappa shape index (κ3) is 13.5. The summed E-state index contributed by atoms with van der Waals surface area (Å²) in [5.74, 6) is -8.34. The number of benzene rings is 4. The van der Waals surface area contributed by atoms with Crippen molar-refractivity contribution in [2.24, 2.45) is 28.8 Å². The highest BCUT2D eigenvalue weighted by atomic mass is 32.2. The van der Waals surface area contributed by atoms with Crippen LogP contribution in [0.2, 0.25) is 0 Å². The molecule has 84 heavy (non-hydrogen) atoms. The van der Waals surface area contributed by atoms with E-state index in [0.717, 1.165) is 25.7 Å². The number of carbonyl (C=O) groups is 3. The Labute approximate surface area is 502 Å². The lowest BCUT2D eigenvalue weighted by Gasteiger charge is -2.38. The summed E-state index contributed by atoms with van der Waals surface area (Å²) < 4.78 is 23.6.